The largest absolute Gasteiger partial charge is 0.309 e. The Morgan fingerprint density at radius 1 is 0.333 bits per heavy atom. The van der Waals surface area contributed by atoms with E-state index < -0.39 is 0 Å². The summed E-state index contributed by atoms with van der Waals surface area (Å²) in [7, 11) is 0. The normalized spacial score (nSPS) is 11.9. The van der Waals surface area contributed by atoms with E-state index in [0.717, 1.165) is 11.4 Å². The highest BCUT2D eigenvalue weighted by molar-refractivity contribution is 7.27. The van der Waals surface area contributed by atoms with Crippen LogP contribution in [0.5, 0.6) is 0 Å². The molecule has 0 aliphatic rings. The van der Waals surface area contributed by atoms with Crippen molar-refractivity contribution < 1.29 is 0 Å². The van der Waals surface area contributed by atoms with E-state index in [1.807, 2.05) is 22.7 Å². The van der Waals surface area contributed by atoms with Crippen LogP contribution in [0.2, 0.25) is 0 Å². The molecule has 0 atom stereocenters. The molecule has 0 bridgehead atoms. The number of fused-ring (bicyclic) bond motifs is 11. The van der Waals surface area contributed by atoms with Crippen molar-refractivity contribution >= 4 is 112 Å². The Bertz CT molecular complexity index is 3150. The Morgan fingerprint density at radius 3 is 1.76 bits per heavy atom. The van der Waals surface area contributed by atoms with Gasteiger partial charge in [-0.25, -0.2) is 0 Å². The molecule has 2 heterocycles. The van der Waals surface area contributed by atoms with Crippen LogP contribution in [0.4, 0.5) is 17.1 Å². The van der Waals surface area contributed by atoms with Gasteiger partial charge in [0.05, 0.1) is 10.4 Å². The topological polar surface area (TPSA) is 3.24 Å². The van der Waals surface area contributed by atoms with Crippen molar-refractivity contribution in [1.82, 2.24) is 0 Å². The molecule has 238 valence electrons. The summed E-state index contributed by atoms with van der Waals surface area (Å²) in [5, 5.41) is 12.9. The average Bonchev–Trinajstić information content (AvgIpc) is 3.78. The molecule has 1 nitrogen and oxygen atoms in total. The molecule has 9 aromatic carbocycles. The number of rotatable bonds is 4. The summed E-state index contributed by atoms with van der Waals surface area (Å²) in [6, 6.07) is 64.9. The molecule has 0 aliphatic heterocycles. The molecule has 11 rings (SSSR count). The van der Waals surface area contributed by atoms with E-state index in [1.54, 1.807) is 0 Å². The highest BCUT2D eigenvalue weighted by atomic mass is 32.1. The summed E-state index contributed by atoms with van der Waals surface area (Å²) in [5.41, 5.74) is 5.98. The van der Waals surface area contributed by atoms with Gasteiger partial charge < -0.3 is 4.90 Å². The Kier molecular flexibility index (Phi) is 6.36. The summed E-state index contributed by atoms with van der Waals surface area (Å²) in [5.74, 6) is 0. The van der Waals surface area contributed by atoms with E-state index in [-0.39, 0.29) is 0 Å². The lowest BCUT2D eigenvalue weighted by Gasteiger charge is -2.27. The third-order valence-corrected chi connectivity index (χ3v) is 12.9. The molecule has 0 spiro atoms. The molecule has 11 aromatic rings. The highest BCUT2D eigenvalue weighted by Crippen LogP contribution is 2.48. The molecule has 0 unspecified atom stereocenters. The minimum atomic E-state index is 1.14. The summed E-state index contributed by atoms with van der Waals surface area (Å²) in [4.78, 5) is 2.46. The highest BCUT2D eigenvalue weighted by Gasteiger charge is 2.20. The second kappa shape index (κ2) is 11.3. The lowest BCUT2D eigenvalue weighted by molar-refractivity contribution is 1.31. The van der Waals surface area contributed by atoms with Crippen LogP contribution in [-0.2, 0) is 0 Å². The van der Waals surface area contributed by atoms with Gasteiger partial charge in [-0.05, 0) is 79.8 Å². The number of benzene rings is 9. The van der Waals surface area contributed by atoms with Gasteiger partial charge in [-0.1, -0.05) is 140 Å². The number of hydrogen-bond acceptors (Lipinski definition) is 3. The molecule has 3 heteroatoms. The first-order valence-corrected chi connectivity index (χ1v) is 19.0. The second-order valence-electron chi connectivity index (χ2n) is 13.3. The minimum Gasteiger partial charge on any atom is -0.309 e. The number of thiophene rings is 2. The van der Waals surface area contributed by atoms with Gasteiger partial charge in [0.1, 0.15) is 0 Å². The molecule has 0 saturated heterocycles. The van der Waals surface area contributed by atoms with Crippen LogP contribution >= 0.6 is 22.7 Å². The zero-order valence-corrected chi connectivity index (χ0v) is 29.1. The zero-order valence-electron chi connectivity index (χ0n) is 27.5. The van der Waals surface area contributed by atoms with Gasteiger partial charge >= 0.3 is 0 Å². The quantitative estimate of drug-likeness (QED) is 0.167. The van der Waals surface area contributed by atoms with Gasteiger partial charge in [-0.2, -0.15) is 0 Å². The molecule has 0 aliphatic carbocycles. The Balaban J connectivity index is 1.14. The van der Waals surface area contributed by atoms with Gasteiger partial charge in [0.25, 0.3) is 0 Å². The standard InChI is InChI=1S/C48H29NS2/c1-3-11-36-30(9-1)19-20-33-23-27-35(29-43(33)36)49(44-17-8-16-41-42-28-24-31-10-2-4-12-37(31)47(42)51-48(41)44)34-25-21-32(22-26-34)38-14-7-15-40-39-13-5-6-18-45(39)50-46(38)40/h1-29H. The summed E-state index contributed by atoms with van der Waals surface area (Å²) < 4.78 is 5.30. The minimum absolute atomic E-state index is 1.14. The van der Waals surface area contributed by atoms with Crippen LogP contribution in [-0.4, -0.2) is 0 Å². The predicted octanol–water partition coefficient (Wildman–Crippen LogP) is 15.0. The van der Waals surface area contributed by atoms with Crippen LogP contribution in [0.3, 0.4) is 0 Å². The monoisotopic (exact) mass is 683 g/mol. The fourth-order valence-corrected chi connectivity index (χ4v) is 10.6. The van der Waals surface area contributed by atoms with E-state index >= 15 is 0 Å². The van der Waals surface area contributed by atoms with E-state index in [0.29, 0.717) is 0 Å². The first-order chi connectivity index (χ1) is 25.3. The smallest absolute Gasteiger partial charge is 0.0640 e. The third kappa shape index (κ3) is 4.45. The maximum Gasteiger partial charge on any atom is 0.0640 e. The maximum atomic E-state index is 2.46. The first kappa shape index (κ1) is 28.8. The van der Waals surface area contributed by atoms with Crippen molar-refractivity contribution in [1.29, 1.82) is 0 Å². The second-order valence-corrected chi connectivity index (χ2v) is 15.3. The van der Waals surface area contributed by atoms with Gasteiger partial charge in [-0.15, -0.1) is 22.7 Å². The van der Waals surface area contributed by atoms with E-state index in [2.05, 4.69) is 181 Å². The zero-order chi connectivity index (χ0) is 33.5. The fraction of sp³-hybridized carbons (Fsp3) is 0. The number of anilines is 3. The van der Waals surface area contributed by atoms with Crippen LogP contribution in [0.25, 0.3) is 83.8 Å². The molecular weight excluding hydrogens is 655 g/mol. The molecular formula is C48H29NS2. The van der Waals surface area contributed by atoms with Crippen molar-refractivity contribution in [3.8, 4) is 11.1 Å². The molecule has 0 saturated carbocycles. The molecule has 51 heavy (non-hydrogen) atoms. The van der Waals surface area contributed by atoms with Crippen LogP contribution in [0.1, 0.15) is 0 Å². The third-order valence-electron chi connectivity index (χ3n) is 10.4. The lowest BCUT2D eigenvalue weighted by Crippen LogP contribution is -2.10. The van der Waals surface area contributed by atoms with Crippen molar-refractivity contribution in [3.05, 3.63) is 176 Å². The van der Waals surface area contributed by atoms with E-state index in [9.17, 15) is 0 Å². The fourth-order valence-electron chi connectivity index (χ4n) is 8.01. The van der Waals surface area contributed by atoms with Gasteiger partial charge in [0.2, 0.25) is 0 Å². The summed E-state index contributed by atoms with van der Waals surface area (Å²) in [6.07, 6.45) is 0. The van der Waals surface area contributed by atoms with E-state index in [1.165, 1.54) is 89.5 Å². The Morgan fingerprint density at radius 2 is 0.922 bits per heavy atom. The molecule has 0 N–H and O–H groups in total. The molecule has 0 radical (unpaired) electrons. The van der Waals surface area contributed by atoms with Crippen molar-refractivity contribution in [2.75, 3.05) is 4.90 Å². The van der Waals surface area contributed by atoms with Gasteiger partial charge in [0.15, 0.2) is 0 Å². The van der Waals surface area contributed by atoms with Crippen molar-refractivity contribution in [3.63, 3.8) is 0 Å². The molecule has 0 fully saturated rings. The van der Waals surface area contributed by atoms with Gasteiger partial charge in [0, 0.05) is 47.0 Å². The van der Waals surface area contributed by atoms with Crippen LogP contribution in [0, 0.1) is 0 Å². The first-order valence-electron chi connectivity index (χ1n) is 17.3. The number of nitrogens with zero attached hydrogens (tertiary/aromatic N) is 1. The van der Waals surface area contributed by atoms with Crippen molar-refractivity contribution in [2.45, 2.75) is 0 Å². The summed E-state index contributed by atoms with van der Waals surface area (Å²) >= 11 is 3.79. The SMILES string of the molecule is c1ccc2c(c1)ccc1ccc(N(c3ccc(-c4cccc5c4sc4ccccc45)cc3)c3cccc4c3sc3c5ccccc5ccc43)cc12. The molecule has 0 amide bonds. The lowest BCUT2D eigenvalue weighted by atomic mass is 10.00. The Hall–Kier alpha value is -6.00. The van der Waals surface area contributed by atoms with Crippen molar-refractivity contribution in [2.24, 2.45) is 0 Å². The van der Waals surface area contributed by atoms with Crippen LogP contribution in [0.15, 0.2) is 176 Å². The average molecular weight is 684 g/mol. The summed E-state index contributed by atoms with van der Waals surface area (Å²) in [6.45, 7) is 0. The van der Waals surface area contributed by atoms with Crippen LogP contribution < -0.4 is 4.90 Å². The Labute approximate surface area is 302 Å². The predicted molar refractivity (Wildman–Crippen MR) is 225 cm³/mol. The van der Waals surface area contributed by atoms with Gasteiger partial charge in [-0.3, -0.25) is 0 Å². The van der Waals surface area contributed by atoms with E-state index in [4.69, 9.17) is 0 Å². The maximum absolute atomic E-state index is 2.46. The number of hydrogen-bond donors (Lipinski definition) is 0. The molecule has 2 aromatic heterocycles.